The van der Waals surface area contributed by atoms with Crippen LogP contribution in [0.2, 0.25) is 0 Å². The van der Waals surface area contributed by atoms with Gasteiger partial charge in [0.15, 0.2) is 11.6 Å². The van der Waals surface area contributed by atoms with Crippen molar-refractivity contribution < 1.29 is 9.59 Å². The van der Waals surface area contributed by atoms with Crippen molar-refractivity contribution in [2.24, 2.45) is 0 Å². The van der Waals surface area contributed by atoms with E-state index in [1.165, 1.54) is 0 Å². The number of ketones is 2. The first-order chi connectivity index (χ1) is 18.5. The highest BCUT2D eigenvalue weighted by Crippen LogP contribution is 2.17. The van der Waals surface area contributed by atoms with Gasteiger partial charge in [-0.3, -0.25) is 9.59 Å². The van der Waals surface area contributed by atoms with Crippen molar-refractivity contribution in [1.82, 2.24) is 19.6 Å². The Labute approximate surface area is 221 Å². The van der Waals surface area contributed by atoms with Gasteiger partial charge in [-0.1, -0.05) is 72.8 Å². The predicted octanol–water partition coefficient (Wildman–Crippen LogP) is 6.47. The van der Waals surface area contributed by atoms with Crippen LogP contribution >= 0.6 is 0 Å². The van der Waals surface area contributed by atoms with E-state index in [0.29, 0.717) is 11.1 Å². The maximum atomic E-state index is 12.8. The van der Waals surface area contributed by atoms with Gasteiger partial charge in [0.05, 0.1) is 46.3 Å². The van der Waals surface area contributed by atoms with Gasteiger partial charge in [0.1, 0.15) is 0 Å². The molecule has 0 fully saturated rings. The van der Waals surface area contributed by atoms with E-state index in [0.717, 1.165) is 33.9 Å². The summed E-state index contributed by atoms with van der Waals surface area (Å²) in [5.74, 6) is -0.212. The largest absolute Gasteiger partial charge is 0.289 e. The SMILES string of the molecule is Cc1c(C(=O)/C=C/c2ccc(/C=C/C(=O)c3cnn(-c4ccccc4)c3C)cc2)cnn1-c1ccccc1. The second kappa shape index (κ2) is 10.9. The van der Waals surface area contributed by atoms with E-state index in [4.69, 9.17) is 0 Å². The Morgan fingerprint density at radius 2 is 0.947 bits per heavy atom. The summed E-state index contributed by atoms with van der Waals surface area (Å²) in [6.07, 6.45) is 9.88. The number of para-hydroxylation sites is 2. The Morgan fingerprint density at radius 1 is 0.579 bits per heavy atom. The first-order valence-electron chi connectivity index (χ1n) is 12.3. The average molecular weight is 499 g/mol. The van der Waals surface area contributed by atoms with Crippen LogP contribution in [0.15, 0.2) is 109 Å². The van der Waals surface area contributed by atoms with Crippen molar-refractivity contribution in [3.05, 3.63) is 143 Å². The summed E-state index contributed by atoms with van der Waals surface area (Å²) < 4.78 is 3.52. The van der Waals surface area contributed by atoms with E-state index >= 15 is 0 Å². The fourth-order valence-corrected chi connectivity index (χ4v) is 4.20. The predicted molar refractivity (Wildman–Crippen MR) is 150 cm³/mol. The van der Waals surface area contributed by atoms with E-state index in [1.807, 2.05) is 98.8 Å². The molecule has 0 saturated carbocycles. The first kappa shape index (κ1) is 24.6. The minimum Gasteiger partial charge on any atom is -0.289 e. The lowest BCUT2D eigenvalue weighted by Crippen LogP contribution is -2.01. The molecule has 2 heterocycles. The standard InChI is InChI=1S/C32H26N4O2/c1-23-29(21-33-35(23)27-9-5-3-6-10-27)31(37)19-17-25-13-15-26(16-14-25)18-20-32(38)30-22-34-36(24(30)2)28-11-7-4-8-12-28/h3-22H,1-2H3/b19-17+,20-18+. The third kappa shape index (κ3) is 5.20. The molecular weight excluding hydrogens is 472 g/mol. The van der Waals surface area contributed by atoms with Gasteiger partial charge < -0.3 is 0 Å². The van der Waals surface area contributed by atoms with Crippen LogP contribution in [0.1, 0.15) is 43.2 Å². The van der Waals surface area contributed by atoms with Crippen molar-refractivity contribution in [2.45, 2.75) is 13.8 Å². The molecule has 38 heavy (non-hydrogen) atoms. The lowest BCUT2D eigenvalue weighted by molar-refractivity contribution is 0.103. The summed E-state index contributed by atoms with van der Waals surface area (Å²) in [5.41, 5.74) is 6.31. The molecule has 186 valence electrons. The summed E-state index contributed by atoms with van der Waals surface area (Å²) in [6.45, 7) is 3.77. The van der Waals surface area contributed by atoms with Gasteiger partial charge in [-0.2, -0.15) is 10.2 Å². The van der Waals surface area contributed by atoms with Crippen molar-refractivity contribution in [3.63, 3.8) is 0 Å². The minimum atomic E-state index is -0.106. The Bertz CT molecular complexity index is 1520. The monoisotopic (exact) mass is 498 g/mol. The third-order valence-electron chi connectivity index (χ3n) is 6.34. The number of nitrogens with zero attached hydrogens (tertiary/aromatic N) is 4. The smallest absolute Gasteiger partial charge is 0.189 e. The van der Waals surface area contributed by atoms with Crippen LogP contribution in [0.3, 0.4) is 0 Å². The Kier molecular flexibility index (Phi) is 7.04. The normalized spacial score (nSPS) is 11.4. The molecule has 2 aromatic heterocycles. The molecule has 0 bridgehead atoms. The molecule has 5 aromatic rings. The number of benzene rings is 3. The fraction of sp³-hybridized carbons (Fsp3) is 0.0625. The van der Waals surface area contributed by atoms with Crippen LogP contribution in [-0.4, -0.2) is 31.1 Å². The molecule has 0 aliphatic rings. The molecule has 6 heteroatoms. The molecule has 0 radical (unpaired) electrons. The maximum Gasteiger partial charge on any atom is 0.189 e. The van der Waals surface area contributed by atoms with Crippen LogP contribution in [0.25, 0.3) is 23.5 Å². The quantitative estimate of drug-likeness (QED) is 0.182. The van der Waals surface area contributed by atoms with E-state index in [-0.39, 0.29) is 11.6 Å². The molecule has 0 spiro atoms. The number of hydrogen-bond donors (Lipinski definition) is 0. The molecule has 0 amide bonds. The summed E-state index contributed by atoms with van der Waals surface area (Å²) in [4.78, 5) is 25.6. The minimum absolute atomic E-state index is 0.106. The molecular formula is C32H26N4O2. The second-order valence-electron chi connectivity index (χ2n) is 8.84. The lowest BCUT2D eigenvalue weighted by Gasteiger charge is -2.04. The number of hydrogen-bond acceptors (Lipinski definition) is 4. The van der Waals surface area contributed by atoms with Gasteiger partial charge in [0.25, 0.3) is 0 Å². The molecule has 0 aliphatic carbocycles. The Morgan fingerprint density at radius 3 is 1.32 bits per heavy atom. The van der Waals surface area contributed by atoms with Crippen LogP contribution in [0.5, 0.6) is 0 Å². The highest BCUT2D eigenvalue weighted by Gasteiger charge is 2.14. The van der Waals surface area contributed by atoms with Crippen molar-refractivity contribution >= 4 is 23.7 Å². The molecule has 3 aromatic carbocycles. The van der Waals surface area contributed by atoms with Gasteiger partial charge in [-0.25, -0.2) is 9.36 Å². The molecule has 6 nitrogen and oxygen atoms in total. The van der Waals surface area contributed by atoms with Crippen LogP contribution < -0.4 is 0 Å². The number of rotatable bonds is 8. The fourth-order valence-electron chi connectivity index (χ4n) is 4.20. The van der Waals surface area contributed by atoms with Gasteiger partial charge >= 0.3 is 0 Å². The molecule has 0 unspecified atom stereocenters. The highest BCUT2D eigenvalue weighted by molar-refractivity contribution is 6.08. The number of carbonyl (C=O) groups is 2. The summed E-state index contributed by atoms with van der Waals surface area (Å²) in [7, 11) is 0. The molecule has 0 saturated heterocycles. The van der Waals surface area contributed by atoms with Crippen LogP contribution in [0.4, 0.5) is 0 Å². The summed E-state index contributed by atoms with van der Waals surface area (Å²) in [6, 6.07) is 27.1. The lowest BCUT2D eigenvalue weighted by atomic mass is 10.1. The van der Waals surface area contributed by atoms with Gasteiger partial charge in [-0.15, -0.1) is 0 Å². The van der Waals surface area contributed by atoms with Gasteiger partial charge in [0.2, 0.25) is 0 Å². The summed E-state index contributed by atoms with van der Waals surface area (Å²) >= 11 is 0. The molecule has 0 N–H and O–H groups in total. The molecule has 0 aliphatic heterocycles. The van der Waals surface area contributed by atoms with E-state index in [9.17, 15) is 9.59 Å². The molecule has 0 atom stereocenters. The number of allylic oxidation sites excluding steroid dienone is 2. The first-order valence-corrected chi connectivity index (χ1v) is 12.3. The van der Waals surface area contributed by atoms with Crippen molar-refractivity contribution in [2.75, 3.05) is 0 Å². The average Bonchev–Trinajstić information content (AvgIpc) is 3.54. The third-order valence-corrected chi connectivity index (χ3v) is 6.34. The zero-order valence-corrected chi connectivity index (χ0v) is 21.2. The number of aromatic nitrogens is 4. The summed E-state index contributed by atoms with van der Waals surface area (Å²) in [5, 5.41) is 8.75. The molecule has 5 rings (SSSR count). The Balaban J connectivity index is 1.24. The van der Waals surface area contributed by atoms with Crippen molar-refractivity contribution in [1.29, 1.82) is 0 Å². The number of carbonyl (C=O) groups excluding carboxylic acids is 2. The zero-order chi connectivity index (χ0) is 26.5. The zero-order valence-electron chi connectivity index (χ0n) is 21.2. The topological polar surface area (TPSA) is 69.8 Å². The van der Waals surface area contributed by atoms with E-state index < -0.39 is 0 Å². The van der Waals surface area contributed by atoms with E-state index in [1.54, 1.807) is 46.1 Å². The van der Waals surface area contributed by atoms with Gasteiger partial charge in [0, 0.05) is 0 Å². The van der Waals surface area contributed by atoms with E-state index in [2.05, 4.69) is 10.2 Å². The van der Waals surface area contributed by atoms with Gasteiger partial charge in [-0.05, 0) is 61.4 Å². The Hall–Kier alpha value is -5.10. The highest BCUT2D eigenvalue weighted by atomic mass is 16.1. The maximum absolute atomic E-state index is 12.8. The van der Waals surface area contributed by atoms with Crippen LogP contribution in [-0.2, 0) is 0 Å². The second-order valence-corrected chi connectivity index (χ2v) is 8.84. The van der Waals surface area contributed by atoms with Crippen molar-refractivity contribution in [3.8, 4) is 11.4 Å². The van der Waals surface area contributed by atoms with Crippen LogP contribution in [0, 0.1) is 13.8 Å².